The zero-order valence-corrected chi connectivity index (χ0v) is 13.1. The molecule has 2 aromatic rings. The molecule has 1 aromatic heterocycles. The second kappa shape index (κ2) is 5.67. The van der Waals surface area contributed by atoms with Crippen molar-refractivity contribution in [3.8, 4) is 5.75 Å². The van der Waals surface area contributed by atoms with E-state index in [1.54, 1.807) is 27.9 Å². The Kier molecular flexibility index (Phi) is 3.48. The van der Waals surface area contributed by atoms with Crippen LogP contribution in [0.2, 0.25) is 0 Å². The van der Waals surface area contributed by atoms with E-state index in [9.17, 15) is 14.7 Å². The van der Waals surface area contributed by atoms with Gasteiger partial charge in [-0.3, -0.25) is 14.3 Å². The van der Waals surface area contributed by atoms with Gasteiger partial charge in [-0.15, -0.1) is 0 Å². The average molecular weight is 326 g/mol. The van der Waals surface area contributed by atoms with E-state index in [1.165, 1.54) is 12.1 Å². The Morgan fingerprint density at radius 2 is 2.08 bits per heavy atom. The SMILES string of the molecule is O=C(NC1CC1)[C@H]1CN(C(=O)c2cccc(O)c2)Cc2ccnn21. The average Bonchev–Trinajstić information content (AvgIpc) is 3.26. The largest absolute Gasteiger partial charge is 0.508 e. The van der Waals surface area contributed by atoms with Gasteiger partial charge in [0, 0.05) is 17.8 Å². The van der Waals surface area contributed by atoms with Gasteiger partial charge in [0.1, 0.15) is 11.8 Å². The minimum Gasteiger partial charge on any atom is -0.508 e. The molecule has 2 heterocycles. The van der Waals surface area contributed by atoms with Crippen LogP contribution in [0.1, 0.15) is 34.9 Å². The van der Waals surface area contributed by atoms with Crippen molar-refractivity contribution in [1.82, 2.24) is 20.0 Å². The molecule has 0 bridgehead atoms. The summed E-state index contributed by atoms with van der Waals surface area (Å²) < 4.78 is 1.70. The first-order valence-electron chi connectivity index (χ1n) is 8.03. The maximum Gasteiger partial charge on any atom is 0.254 e. The number of nitrogens with zero attached hydrogens (tertiary/aromatic N) is 3. The fourth-order valence-corrected chi connectivity index (χ4v) is 2.99. The summed E-state index contributed by atoms with van der Waals surface area (Å²) in [5, 5.41) is 16.8. The number of aromatic nitrogens is 2. The molecule has 1 saturated carbocycles. The quantitative estimate of drug-likeness (QED) is 0.883. The number of hydrogen-bond acceptors (Lipinski definition) is 4. The van der Waals surface area contributed by atoms with Gasteiger partial charge in [0.2, 0.25) is 5.91 Å². The molecule has 1 fully saturated rings. The van der Waals surface area contributed by atoms with E-state index in [-0.39, 0.29) is 30.2 Å². The van der Waals surface area contributed by atoms with Gasteiger partial charge in [-0.1, -0.05) is 6.07 Å². The Bertz CT molecular complexity index is 797. The van der Waals surface area contributed by atoms with Gasteiger partial charge in [0.05, 0.1) is 18.8 Å². The van der Waals surface area contributed by atoms with Crippen molar-refractivity contribution in [3.63, 3.8) is 0 Å². The van der Waals surface area contributed by atoms with Crippen LogP contribution in [0.5, 0.6) is 5.75 Å². The van der Waals surface area contributed by atoms with E-state index in [0.29, 0.717) is 12.1 Å². The van der Waals surface area contributed by atoms with Crippen molar-refractivity contribution in [3.05, 3.63) is 47.8 Å². The molecule has 7 nitrogen and oxygen atoms in total. The first kappa shape index (κ1) is 14.7. The normalized spacial score (nSPS) is 19.7. The van der Waals surface area contributed by atoms with Crippen LogP contribution in [0.3, 0.4) is 0 Å². The summed E-state index contributed by atoms with van der Waals surface area (Å²) in [6.45, 7) is 0.656. The molecule has 4 rings (SSSR count). The van der Waals surface area contributed by atoms with Gasteiger partial charge in [-0.2, -0.15) is 5.10 Å². The zero-order chi connectivity index (χ0) is 16.7. The monoisotopic (exact) mass is 326 g/mol. The lowest BCUT2D eigenvalue weighted by atomic mass is 10.1. The Morgan fingerprint density at radius 3 is 2.83 bits per heavy atom. The van der Waals surface area contributed by atoms with Crippen LogP contribution in [0.15, 0.2) is 36.5 Å². The number of rotatable bonds is 3. The topological polar surface area (TPSA) is 87.5 Å². The van der Waals surface area contributed by atoms with Gasteiger partial charge in [0.15, 0.2) is 0 Å². The predicted molar refractivity (Wildman–Crippen MR) is 85.3 cm³/mol. The summed E-state index contributed by atoms with van der Waals surface area (Å²) in [7, 11) is 0. The summed E-state index contributed by atoms with van der Waals surface area (Å²) in [4.78, 5) is 26.9. The van der Waals surface area contributed by atoms with E-state index in [2.05, 4.69) is 10.4 Å². The summed E-state index contributed by atoms with van der Waals surface area (Å²) in [5.74, 6) is -0.260. The Balaban J connectivity index is 1.59. The molecule has 124 valence electrons. The van der Waals surface area contributed by atoms with E-state index in [0.717, 1.165) is 18.5 Å². The number of fused-ring (bicyclic) bond motifs is 1. The summed E-state index contributed by atoms with van der Waals surface area (Å²) in [5.41, 5.74) is 1.23. The van der Waals surface area contributed by atoms with Gasteiger partial charge in [0.25, 0.3) is 5.91 Å². The maximum atomic E-state index is 12.7. The van der Waals surface area contributed by atoms with Gasteiger partial charge < -0.3 is 15.3 Å². The van der Waals surface area contributed by atoms with Crippen LogP contribution in [0, 0.1) is 0 Å². The third-order valence-corrected chi connectivity index (χ3v) is 4.40. The molecule has 0 spiro atoms. The molecule has 1 aliphatic carbocycles. The zero-order valence-electron chi connectivity index (χ0n) is 13.1. The fraction of sp³-hybridized carbons (Fsp3) is 0.353. The molecule has 1 aliphatic heterocycles. The molecule has 1 aromatic carbocycles. The van der Waals surface area contributed by atoms with Crippen LogP contribution < -0.4 is 5.32 Å². The Labute approximate surface area is 138 Å². The molecule has 0 radical (unpaired) electrons. The Hall–Kier alpha value is -2.83. The van der Waals surface area contributed by atoms with E-state index in [1.807, 2.05) is 6.07 Å². The molecule has 2 amide bonds. The predicted octanol–water partition coefficient (Wildman–Crippen LogP) is 1.06. The van der Waals surface area contributed by atoms with Crippen LogP contribution in [0.25, 0.3) is 0 Å². The van der Waals surface area contributed by atoms with Gasteiger partial charge in [-0.05, 0) is 37.1 Å². The highest BCUT2D eigenvalue weighted by molar-refractivity contribution is 5.95. The molecule has 0 unspecified atom stereocenters. The number of amides is 2. The number of phenols is 1. The number of benzene rings is 1. The standard InChI is InChI=1S/C17H18N4O3/c22-14-3-1-2-11(8-14)17(24)20-9-13-6-7-18-21(13)15(10-20)16(23)19-12-4-5-12/h1-3,6-8,12,15,22H,4-5,9-10H2,(H,19,23)/t15-/m1/s1. The van der Waals surface area contributed by atoms with Crippen molar-refractivity contribution in [2.75, 3.05) is 6.54 Å². The lowest BCUT2D eigenvalue weighted by Gasteiger charge is -2.33. The summed E-state index contributed by atoms with van der Waals surface area (Å²) >= 11 is 0. The Morgan fingerprint density at radius 1 is 1.25 bits per heavy atom. The number of carbonyl (C=O) groups is 2. The molecule has 2 aliphatic rings. The highest BCUT2D eigenvalue weighted by Crippen LogP contribution is 2.25. The van der Waals surface area contributed by atoms with E-state index in [4.69, 9.17) is 0 Å². The van der Waals surface area contributed by atoms with Crippen molar-refractivity contribution >= 4 is 11.8 Å². The number of aromatic hydroxyl groups is 1. The first-order chi connectivity index (χ1) is 11.6. The molecular weight excluding hydrogens is 308 g/mol. The molecule has 24 heavy (non-hydrogen) atoms. The van der Waals surface area contributed by atoms with Crippen LogP contribution in [-0.2, 0) is 11.3 Å². The molecule has 1 atom stereocenters. The van der Waals surface area contributed by atoms with Crippen molar-refractivity contribution in [1.29, 1.82) is 0 Å². The molecular formula is C17H18N4O3. The van der Waals surface area contributed by atoms with Crippen molar-refractivity contribution < 1.29 is 14.7 Å². The van der Waals surface area contributed by atoms with Crippen LogP contribution in [-0.4, -0.2) is 44.2 Å². The maximum absolute atomic E-state index is 12.7. The number of phenolic OH excluding ortho intramolecular Hbond substituents is 1. The first-order valence-corrected chi connectivity index (χ1v) is 8.03. The lowest BCUT2D eigenvalue weighted by molar-refractivity contribution is -0.125. The second-order valence-corrected chi connectivity index (χ2v) is 6.30. The van der Waals surface area contributed by atoms with Gasteiger partial charge in [-0.25, -0.2) is 0 Å². The smallest absolute Gasteiger partial charge is 0.254 e. The minimum absolute atomic E-state index is 0.0472. The molecule has 7 heteroatoms. The third-order valence-electron chi connectivity index (χ3n) is 4.40. The van der Waals surface area contributed by atoms with Gasteiger partial charge >= 0.3 is 0 Å². The summed E-state index contributed by atoms with van der Waals surface area (Å²) in [6, 6.07) is 7.81. The van der Waals surface area contributed by atoms with E-state index >= 15 is 0 Å². The highest BCUT2D eigenvalue weighted by atomic mass is 16.3. The van der Waals surface area contributed by atoms with Crippen LogP contribution in [0.4, 0.5) is 0 Å². The van der Waals surface area contributed by atoms with Crippen molar-refractivity contribution in [2.24, 2.45) is 0 Å². The van der Waals surface area contributed by atoms with Crippen molar-refractivity contribution in [2.45, 2.75) is 31.5 Å². The molecule has 0 saturated heterocycles. The molecule has 2 N–H and O–H groups in total. The number of carbonyl (C=O) groups excluding carboxylic acids is 2. The fourth-order valence-electron chi connectivity index (χ4n) is 2.99. The second-order valence-electron chi connectivity index (χ2n) is 6.30. The summed E-state index contributed by atoms with van der Waals surface area (Å²) in [6.07, 6.45) is 3.67. The van der Waals surface area contributed by atoms with Crippen LogP contribution >= 0.6 is 0 Å². The lowest BCUT2D eigenvalue weighted by Crippen LogP contribution is -2.47. The van der Waals surface area contributed by atoms with E-state index < -0.39 is 6.04 Å². The number of hydrogen-bond donors (Lipinski definition) is 2. The highest BCUT2D eigenvalue weighted by Gasteiger charge is 2.35. The third kappa shape index (κ3) is 2.73. The number of nitrogens with one attached hydrogen (secondary N) is 1. The minimum atomic E-state index is -0.523.